The molecule has 0 bridgehead atoms. The lowest BCUT2D eigenvalue weighted by Crippen LogP contribution is -2.46. The van der Waals surface area contributed by atoms with Crippen LogP contribution in [0.1, 0.15) is 19.8 Å². The van der Waals surface area contributed by atoms with Crippen LogP contribution in [-0.2, 0) is 29.1 Å². The van der Waals surface area contributed by atoms with Crippen molar-refractivity contribution in [2.24, 2.45) is 5.92 Å². The average Bonchev–Trinajstić information content (AvgIpc) is 2.76. The first kappa shape index (κ1) is 24.1. The summed E-state index contributed by atoms with van der Waals surface area (Å²) in [7, 11) is -0.598. The minimum Gasteiger partial charge on any atom is -0.497 e. The number of methoxy groups -OCH3 is 2. The number of nitrogens with zero attached hydrogens (tertiary/aromatic N) is 2. The third kappa shape index (κ3) is 6.16. The Morgan fingerprint density at radius 3 is 2.30 bits per heavy atom. The first-order chi connectivity index (χ1) is 14.3. The van der Waals surface area contributed by atoms with Crippen LogP contribution in [0.2, 0.25) is 0 Å². The van der Waals surface area contributed by atoms with Crippen LogP contribution in [0.4, 0.5) is 0 Å². The van der Waals surface area contributed by atoms with E-state index in [1.165, 1.54) is 35.6 Å². The molecule has 1 saturated heterocycles. The Morgan fingerprint density at radius 2 is 1.77 bits per heavy atom. The van der Waals surface area contributed by atoms with Crippen molar-refractivity contribution in [1.29, 1.82) is 0 Å². The zero-order chi connectivity index (χ0) is 22.1. The van der Waals surface area contributed by atoms with E-state index in [-0.39, 0.29) is 49.5 Å². The second-order valence-corrected chi connectivity index (χ2v) is 8.85. The molecule has 1 heterocycles. The first-order valence-electron chi connectivity index (χ1n) is 9.91. The Hall–Kier alpha value is -2.17. The van der Waals surface area contributed by atoms with Gasteiger partial charge in [0.25, 0.3) is 0 Å². The SMILES string of the molecule is CCOC(=O)CN(CCOC)C(=O)C1CCN(S(=O)(=O)c2ccc(OC)cc2)CC1. The summed E-state index contributed by atoms with van der Waals surface area (Å²) >= 11 is 0. The number of ether oxygens (including phenoxy) is 3. The fourth-order valence-corrected chi connectivity index (χ4v) is 4.80. The van der Waals surface area contributed by atoms with Gasteiger partial charge in [-0.2, -0.15) is 4.31 Å². The summed E-state index contributed by atoms with van der Waals surface area (Å²) in [5.74, 6) is -0.419. The maximum atomic E-state index is 12.9. The van der Waals surface area contributed by atoms with Crippen molar-refractivity contribution in [2.75, 3.05) is 53.6 Å². The summed E-state index contributed by atoms with van der Waals surface area (Å²) in [6.07, 6.45) is 0.779. The van der Waals surface area contributed by atoms with Crippen LogP contribution in [-0.4, -0.2) is 83.1 Å². The van der Waals surface area contributed by atoms with Gasteiger partial charge in [0.05, 0.1) is 25.2 Å². The third-order valence-electron chi connectivity index (χ3n) is 5.00. The van der Waals surface area contributed by atoms with Gasteiger partial charge in [0, 0.05) is 32.7 Å². The summed E-state index contributed by atoms with van der Waals surface area (Å²) in [6.45, 7) is 2.87. The van der Waals surface area contributed by atoms with Gasteiger partial charge >= 0.3 is 5.97 Å². The molecule has 30 heavy (non-hydrogen) atoms. The first-order valence-corrected chi connectivity index (χ1v) is 11.3. The number of esters is 1. The summed E-state index contributed by atoms with van der Waals surface area (Å²) in [4.78, 5) is 26.4. The van der Waals surface area contributed by atoms with Crippen molar-refractivity contribution in [2.45, 2.75) is 24.7 Å². The van der Waals surface area contributed by atoms with Gasteiger partial charge in [0.15, 0.2) is 0 Å². The number of carbonyl (C=O) groups is 2. The molecule has 1 aromatic rings. The van der Waals surface area contributed by atoms with Crippen LogP contribution in [0.3, 0.4) is 0 Å². The summed E-state index contributed by atoms with van der Waals surface area (Å²) in [5, 5.41) is 0. The van der Waals surface area contributed by atoms with Gasteiger partial charge in [-0.05, 0) is 44.0 Å². The maximum Gasteiger partial charge on any atom is 0.325 e. The highest BCUT2D eigenvalue weighted by Crippen LogP contribution is 2.26. The topological polar surface area (TPSA) is 102 Å². The molecule has 0 aliphatic carbocycles. The standard InChI is InChI=1S/C20H30N2O7S/c1-4-29-19(23)15-21(13-14-27-2)20(24)16-9-11-22(12-10-16)30(25,26)18-7-5-17(28-3)6-8-18/h5-8,16H,4,9-15H2,1-3H3. The monoisotopic (exact) mass is 442 g/mol. The van der Waals surface area contributed by atoms with E-state index in [0.717, 1.165) is 0 Å². The fraction of sp³-hybridized carbons (Fsp3) is 0.600. The normalized spacial score (nSPS) is 15.6. The largest absolute Gasteiger partial charge is 0.497 e. The lowest BCUT2D eigenvalue weighted by atomic mass is 9.96. The molecule has 1 aromatic carbocycles. The van der Waals surface area contributed by atoms with Crippen molar-refractivity contribution in [3.05, 3.63) is 24.3 Å². The van der Waals surface area contributed by atoms with E-state index in [0.29, 0.717) is 25.2 Å². The van der Waals surface area contributed by atoms with Gasteiger partial charge in [0.1, 0.15) is 12.3 Å². The minimum absolute atomic E-state index is 0.138. The number of hydrogen-bond donors (Lipinski definition) is 0. The molecule has 1 fully saturated rings. The Labute approximate surface area is 177 Å². The van der Waals surface area contributed by atoms with Crippen LogP contribution < -0.4 is 4.74 Å². The molecule has 10 heteroatoms. The highest BCUT2D eigenvalue weighted by molar-refractivity contribution is 7.89. The van der Waals surface area contributed by atoms with Gasteiger partial charge in [-0.1, -0.05) is 0 Å². The highest BCUT2D eigenvalue weighted by Gasteiger charge is 2.34. The van der Waals surface area contributed by atoms with E-state index in [1.54, 1.807) is 19.1 Å². The lowest BCUT2D eigenvalue weighted by molar-refractivity contribution is -0.151. The Morgan fingerprint density at radius 1 is 1.13 bits per heavy atom. The molecule has 0 spiro atoms. The highest BCUT2D eigenvalue weighted by atomic mass is 32.2. The molecule has 0 aromatic heterocycles. The zero-order valence-electron chi connectivity index (χ0n) is 17.7. The van der Waals surface area contributed by atoms with Crippen LogP contribution in [0.5, 0.6) is 5.75 Å². The summed E-state index contributed by atoms with van der Waals surface area (Å²) < 4.78 is 42.2. The van der Waals surface area contributed by atoms with Gasteiger partial charge < -0.3 is 19.1 Å². The molecular weight excluding hydrogens is 412 g/mol. The van der Waals surface area contributed by atoms with E-state index in [4.69, 9.17) is 14.2 Å². The predicted molar refractivity (Wildman–Crippen MR) is 110 cm³/mol. The molecule has 0 unspecified atom stereocenters. The number of hydrogen-bond acceptors (Lipinski definition) is 7. The Balaban J connectivity index is 2.01. The van der Waals surface area contributed by atoms with Crippen molar-refractivity contribution in [3.63, 3.8) is 0 Å². The van der Waals surface area contributed by atoms with Gasteiger partial charge in [-0.3, -0.25) is 9.59 Å². The molecule has 0 N–H and O–H groups in total. The van der Waals surface area contributed by atoms with Crippen molar-refractivity contribution >= 4 is 21.9 Å². The van der Waals surface area contributed by atoms with Crippen LogP contribution in [0.15, 0.2) is 29.2 Å². The molecule has 1 aliphatic heterocycles. The van der Waals surface area contributed by atoms with E-state index in [9.17, 15) is 18.0 Å². The van der Waals surface area contributed by atoms with Crippen molar-refractivity contribution < 1.29 is 32.2 Å². The number of sulfonamides is 1. The third-order valence-corrected chi connectivity index (χ3v) is 6.92. The smallest absolute Gasteiger partial charge is 0.325 e. The van der Waals surface area contributed by atoms with Gasteiger partial charge in [-0.25, -0.2) is 8.42 Å². The quantitative estimate of drug-likeness (QED) is 0.501. The maximum absolute atomic E-state index is 12.9. The van der Waals surface area contributed by atoms with Crippen LogP contribution in [0.25, 0.3) is 0 Å². The van der Waals surface area contributed by atoms with E-state index >= 15 is 0 Å². The molecule has 9 nitrogen and oxygen atoms in total. The lowest BCUT2D eigenvalue weighted by Gasteiger charge is -2.33. The number of rotatable bonds is 10. The molecular formula is C20H30N2O7S. The number of amides is 1. The Kier molecular flexibility index (Phi) is 9.07. The van der Waals surface area contributed by atoms with Gasteiger partial charge in [-0.15, -0.1) is 0 Å². The second kappa shape index (κ2) is 11.3. The van der Waals surface area contributed by atoms with Crippen molar-refractivity contribution in [3.8, 4) is 5.75 Å². The van der Waals surface area contributed by atoms with Crippen LogP contribution in [0, 0.1) is 5.92 Å². The van der Waals surface area contributed by atoms with E-state index < -0.39 is 16.0 Å². The van der Waals surface area contributed by atoms with Crippen molar-refractivity contribution in [1.82, 2.24) is 9.21 Å². The number of piperidine rings is 1. The van der Waals surface area contributed by atoms with Crippen LogP contribution >= 0.6 is 0 Å². The summed E-state index contributed by atoms with van der Waals surface area (Å²) in [6, 6.07) is 6.23. The zero-order valence-corrected chi connectivity index (χ0v) is 18.5. The molecule has 1 amide bonds. The average molecular weight is 443 g/mol. The van der Waals surface area contributed by atoms with E-state index in [1.807, 2.05) is 0 Å². The number of benzene rings is 1. The molecule has 0 atom stereocenters. The predicted octanol–water partition coefficient (Wildman–Crippen LogP) is 1.13. The van der Waals surface area contributed by atoms with Gasteiger partial charge in [0.2, 0.25) is 15.9 Å². The second-order valence-electron chi connectivity index (χ2n) is 6.91. The molecule has 168 valence electrons. The fourth-order valence-electron chi connectivity index (χ4n) is 3.33. The Bertz CT molecular complexity index is 803. The molecule has 1 aliphatic rings. The molecule has 0 radical (unpaired) electrons. The molecule has 2 rings (SSSR count). The number of carbonyl (C=O) groups excluding carboxylic acids is 2. The molecule has 0 saturated carbocycles. The minimum atomic E-state index is -3.64. The van der Waals surface area contributed by atoms with E-state index in [2.05, 4.69) is 0 Å². The summed E-state index contributed by atoms with van der Waals surface area (Å²) in [5.41, 5.74) is 0.